The smallest absolute Gasteiger partial charge is 0.408 e. The van der Waals surface area contributed by atoms with E-state index in [1.807, 2.05) is 0 Å². The van der Waals surface area contributed by atoms with Crippen molar-refractivity contribution in [2.24, 2.45) is 5.92 Å². The van der Waals surface area contributed by atoms with E-state index >= 15 is 0 Å². The van der Waals surface area contributed by atoms with Crippen LogP contribution in [0.1, 0.15) is 40.5 Å². The second-order valence-corrected chi connectivity index (χ2v) is 5.64. The van der Waals surface area contributed by atoms with Gasteiger partial charge in [-0.3, -0.25) is 4.79 Å². The summed E-state index contributed by atoms with van der Waals surface area (Å²) in [7, 11) is 0. The van der Waals surface area contributed by atoms with Crippen molar-refractivity contribution in [3.8, 4) is 0 Å². The zero-order chi connectivity index (χ0) is 14.1. The van der Waals surface area contributed by atoms with E-state index in [9.17, 15) is 18.4 Å². The first kappa shape index (κ1) is 14.9. The Bertz CT molecular complexity index is 346. The molecule has 0 aromatic heterocycles. The van der Waals surface area contributed by atoms with Gasteiger partial charge in [0.1, 0.15) is 11.6 Å². The molecule has 1 amide bonds. The van der Waals surface area contributed by atoms with Crippen LogP contribution in [0.2, 0.25) is 0 Å². The molecule has 4 nitrogen and oxygen atoms in total. The number of halogens is 2. The molecule has 18 heavy (non-hydrogen) atoms. The van der Waals surface area contributed by atoms with Gasteiger partial charge in [0, 0.05) is 6.92 Å². The molecule has 1 aliphatic carbocycles. The maximum atomic E-state index is 13.7. The standard InChI is InChI=1S/C12H19F2NO3/c1-7(16)12(13,14)9(8-5-6-8)15-10(17)18-11(2,3)4/h8-9H,5-6H2,1-4H3,(H,15,17). The van der Waals surface area contributed by atoms with Gasteiger partial charge in [-0.05, 0) is 39.5 Å². The van der Waals surface area contributed by atoms with E-state index in [1.54, 1.807) is 20.8 Å². The van der Waals surface area contributed by atoms with Crippen molar-refractivity contribution in [2.45, 2.75) is 58.1 Å². The van der Waals surface area contributed by atoms with Crippen molar-refractivity contribution in [3.05, 3.63) is 0 Å². The number of alkyl halides is 2. The SMILES string of the molecule is CC(=O)C(F)(F)C(NC(=O)OC(C)(C)C)C1CC1. The second kappa shape index (κ2) is 4.82. The molecule has 0 spiro atoms. The molecule has 104 valence electrons. The number of ether oxygens (including phenoxy) is 1. The molecule has 0 radical (unpaired) electrons. The van der Waals surface area contributed by atoms with Crippen molar-refractivity contribution < 1.29 is 23.1 Å². The first-order valence-electron chi connectivity index (χ1n) is 5.92. The van der Waals surface area contributed by atoms with E-state index in [1.165, 1.54) is 0 Å². The highest BCUT2D eigenvalue weighted by atomic mass is 19.3. The second-order valence-electron chi connectivity index (χ2n) is 5.64. The molecule has 1 rings (SSSR count). The fourth-order valence-electron chi connectivity index (χ4n) is 1.59. The van der Waals surface area contributed by atoms with E-state index < -0.39 is 29.4 Å². The maximum absolute atomic E-state index is 13.7. The number of carbonyl (C=O) groups excluding carboxylic acids is 2. The lowest BCUT2D eigenvalue weighted by atomic mass is 10.0. The van der Waals surface area contributed by atoms with Crippen LogP contribution in [0, 0.1) is 5.92 Å². The topological polar surface area (TPSA) is 55.4 Å². The van der Waals surface area contributed by atoms with Crippen LogP contribution < -0.4 is 5.32 Å². The predicted octanol–water partition coefficient (Wildman–Crippen LogP) is 2.51. The van der Waals surface area contributed by atoms with Gasteiger partial charge in [0.15, 0.2) is 0 Å². The van der Waals surface area contributed by atoms with Crippen LogP contribution >= 0.6 is 0 Å². The monoisotopic (exact) mass is 263 g/mol. The van der Waals surface area contributed by atoms with E-state index in [0.717, 1.165) is 6.92 Å². The van der Waals surface area contributed by atoms with Crippen molar-refractivity contribution in [2.75, 3.05) is 0 Å². The average molecular weight is 263 g/mol. The normalized spacial score (nSPS) is 18.1. The van der Waals surface area contributed by atoms with Gasteiger partial charge in [-0.2, -0.15) is 8.78 Å². The minimum atomic E-state index is -3.54. The fraction of sp³-hybridized carbons (Fsp3) is 0.833. The molecule has 6 heteroatoms. The van der Waals surface area contributed by atoms with Crippen molar-refractivity contribution >= 4 is 11.9 Å². The van der Waals surface area contributed by atoms with Gasteiger partial charge in [0.2, 0.25) is 5.78 Å². The lowest BCUT2D eigenvalue weighted by molar-refractivity contribution is -0.145. The van der Waals surface area contributed by atoms with Crippen molar-refractivity contribution in [3.63, 3.8) is 0 Å². The largest absolute Gasteiger partial charge is 0.444 e. The van der Waals surface area contributed by atoms with E-state index in [2.05, 4.69) is 5.32 Å². The number of hydrogen-bond acceptors (Lipinski definition) is 3. The van der Waals surface area contributed by atoms with E-state index in [4.69, 9.17) is 4.74 Å². The van der Waals surface area contributed by atoms with E-state index in [-0.39, 0.29) is 5.92 Å². The third-order valence-electron chi connectivity index (χ3n) is 2.63. The maximum Gasteiger partial charge on any atom is 0.408 e. The predicted molar refractivity (Wildman–Crippen MR) is 61.5 cm³/mol. The first-order valence-corrected chi connectivity index (χ1v) is 5.92. The quantitative estimate of drug-likeness (QED) is 0.848. The average Bonchev–Trinajstić information content (AvgIpc) is 2.93. The highest BCUT2D eigenvalue weighted by Gasteiger charge is 2.52. The van der Waals surface area contributed by atoms with Crippen LogP contribution in [-0.2, 0) is 9.53 Å². The first-order chi connectivity index (χ1) is 8.04. The molecule has 0 aliphatic heterocycles. The van der Waals surface area contributed by atoms with Gasteiger partial charge in [0.25, 0.3) is 0 Å². The van der Waals surface area contributed by atoms with Gasteiger partial charge in [-0.25, -0.2) is 4.79 Å². The summed E-state index contributed by atoms with van der Waals surface area (Å²) in [6, 6.07) is -1.47. The van der Waals surface area contributed by atoms with E-state index in [0.29, 0.717) is 12.8 Å². The summed E-state index contributed by atoms with van der Waals surface area (Å²) in [6.07, 6.45) is 0.257. The summed E-state index contributed by atoms with van der Waals surface area (Å²) in [4.78, 5) is 22.5. The Hall–Kier alpha value is -1.20. The Balaban J connectivity index is 2.70. The van der Waals surface area contributed by atoms with Crippen molar-refractivity contribution in [1.29, 1.82) is 0 Å². The Labute approximate surface area is 105 Å². The van der Waals surface area contributed by atoms with Gasteiger partial charge in [0.05, 0.1) is 0 Å². The van der Waals surface area contributed by atoms with Crippen LogP contribution in [0.3, 0.4) is 0 Å². The van der Waals surface area contributed by atoms with Crippen molar-refractivity contribution in [1.82, 2.24) is 5.32 Å². The molecule has 1 aliphatic rings. The number of amides is 1. The van der Waals surface area contributed by atoms with Gasteiger partial charge < -0.3 is 10.1 Å². The third-order valence-corrected chi connectivity index (χ3v) is 2.63. The van der Waals surface area contributed by atoms with Crippen LogP contribution in [0.4, 0.5) is 13.6 Å². The lowest BCUT2D eigenvalue weighted by Gasteiger charge is -2.27. The summed E-state index contributed by atoms with van der Waals surface area (Å²) in [6.45, 7) is 5.75. The molecule has 0 saturated heterocycles. The summed E-state index contributed by atoms with van der Waals surface area (Å²) >= 11 is 0. The third kappa shape index (κ3) is 3.92. The van der Waals surface area contributed by atoms with Crippen LogP contribution in [-0.4, -0.2) is 29.4 Å². The van der Waals surface area contributed by atoms with Crippen LogP contribution in [0.25, 0.3) is 0 Å². The molecular weight excluding hydrogens is 244 g/mol. The summed E-state index contributed by atoms with van der Waals surface area (Å²) in [5, 5.41) is 2.13. The van der Waals surface area contributed by atoms with Crippen LogP contribution in [0.5, 0.6) is 0 Å². The minimum absolute atomic E-state index is 0.351. The number of carbonyl (C=O) groups is 2. The Morgan fingerprint density at radius 3 is 2.11 bits per heavy atom. The summed E-state index contributed by atoms with van der Waals surface area (Å²) in [5.41, 5.74) is -0.760. The zero-order valence-corrected chi connectivity index (χ0v) is 11.0. The highest BCUT2D eigenvalue weighted by Crippen LogP contribution is 2.40. The number of nitrogens with one attached hydrogen (secondary N) is 1. The highest BCUT2D eigenvalue weighted by molar-refractivity contribution is 5.85. The molecule has 0 aromatic rings. The molecule has 1 atom stereocenters. The number of Topliss-reactive ketones (excluding diaryl/α,β-unsaturated/α-hetero) is 1. The zero-order valence-electron chi connectivity index (χ0n) is 11.0. The molecule has 0 heterocycles. The molecule has 0 bridgehead atoms. The number of ketones is 1. The minimum Gasteiger partial charge on any atom is -0.444 e. The fourth-order valence-corrected chi connectivity index (χ4v) is 1.59. The van der Waals surface area contributed by atoms with Gasteiger partial charge >= 0.3 is 12.0 Å². The molecule has 1 N–H and O–H groups in total. The number of hydrogen-bond donors (Lipinski definition) is 1. The Morgan fingerprint density at radius 1 is 1.28 bits per heavy atom. The van der Waals surface area contributed by atoms with Gasteiger partial charge in [-0.1, -0.05) is 0 Å². The summed E-state index contributed by atoms with van der Waals surface area (Å²) in [5.74, 6) is -5.13. The Kier molecular flexibility index (Phi) is 3.98. The number of rotatable bonds is 4. The summed E-state index contributed by atoms with van der Waals surface area (Å²) < 4.78 is 32.3. The van der Waals surface area contributed by atoms with Crippen LogP contribution in [0.15, 0.2) is 0 Å². The number of alkyl carbamates (subject to hydrolysis) is 1. The lowest BCUT2D eigenvalue weighted by Crippen LogP contribution is -2.53. The molecule has 1 unspecified atom stereocenters. The molecule has 1 fully saturated rings. The van der Waals surface area contributed by atoms with Gasteiger partial charge in [-0.15, -0.1) is 0 Å². The Morgan fingerprint density at radius 2 is 1.78 bits per heavy atom. The molecule has 1 saturated carbocycles. The molecule has 0 aromatic carbocycles. The molecular formula is C12H19F2NO3.